The van der Waals surface area contributed by atoms with Crippen LogP contribution in [-0.4, -0.2) is 49.3 Å². The number of para-hydroxylation sites is 1. The number of nitrogens with zero attached hydrogens (tertiary/aromatic N) is 2. The summed E-state index contributed by atoms with van der Waals surface area (Å²) in [7, 11) is 3.20. The molecule has 6 heteroatoms. The average Bonchev–Trinajstić information content (AvgIpc) is 2.77. The van der Waals surface area contributed by atoms with E-state index in [9.17, 15) is 9.90 Å². The molecule has 3 rings (SSSR count). The minimum Gasteiger partial charge on any atom is -0.504 e. The average molecular weight is 399 g/mol. The van der Waals surface area contributed by atoms with Gasteiger partial charge in [0.05, 0.1) is 14.2 Å². The number of rotatable bonds is 7. The number of carbonyl (C=O) groups is 1. The second-order valence-corrected chi connectivity index (χ2v) is 7.29. The summed E-state index contributed by atoms with van der Waals surface area (Å²) in [6.07, 6.45) is 2.26. The highest BCUT2D eigenvalue weighted by Crippen LogP contribution is 2.32. The number of aromatic hydroxyl groups is 1. The third-order valence-corrected chi connectivity index (χ3v) is 5.54. The number of likely N-dealkylation sites (tertiary alicyclic amines) is 1. The molecule has 0 aliphatic carbocycles. The number of benzene rings is 2. The zero-order chi connectivity index (χ0) is 20.8. The predicted molar refractivity (Wildman–Crippen MR) is 114 cm³/mol. The molecular weight excluding hydrogens is 368 g/mol. The van der Waals surface area contributed by atoms with Gasteiger partial charge in [-0.05, 0) is 43.2 Å². The number of phenols is 1. The Morgan fingerprint density at radius 3 is 2.38 bits per heavy atom. The summed E-state index contributed by atoms with van der Waals surface area (Å²) in [5.41, 5.74) is 1.78. The number of amides is 1. The monoisotopic (exact) mass is 398 g/mol. The first-order valence-electron chi connectivity index (χ1n) is 10.1. The van der Waals surface area contributed by atoms with Gasteiger partial charge < -0.3 is 19.5 Å². The van der Waals surface area contributed by atoms with Crippen LogP contribution in [0.15, 0.2) is 42.5 Å². The van der Waals surface area contributed by atoms with E-state index in [1.165, 1.54) is 0 Å². The van der Waals surface area contributed by atoms with Crippen LogP contribution in [0.2, 0.25) is 0 Å². The molecule has 0 aromatic heterocycles. The van der Waals surface area contributed by atoms with Crippen molar-refractivity contribution in [3.8, 4) is 17.2 Å². The SMILES string of the molecule is CCC(=O)N(c1ccc(OC)cc1)C1CCN(Cc2cccc(OC)c2O)CC1. The summed E-state index contributed by atoms with van der Waals surface area (Å²) in [6.45, 7) is 4.30. The number of anilines is 1. The molecule has 156 valence electrons. The summed E-state index contributed by atoms with van der Waals surface area (Å²) < 4.78 is 10.4. The van der Waals surface area contributed by atoms with E-state index in [0.29, 0.717) is 18.7 Å². The Kier molecular flexibility index (Phi) is 6.99. The maximum atomic E-state index is 12.7. The van der Waals surface area contributed by atoms with Crippen molar-refractivity contribution in [1.29, 1.82) is 0 Å². The van der Waals surface area contributed by atoms with Crippen LogP contribution in [0.1, 0.15) is 31.7 Å². The first-order valence-corrected chi connectivity index (χ1v) is 10.1. The van der Waals surface area contributed by atoms with Crippen molar-refractivity contribution in [3.05, 3.63) is 48.0 Å². The summed E-state index contributed by atoms with van der Waals surface area (Å²) in [4.78, 5) is 16.9. The van der Waals surface area contributed by atoms with Crippen LogP contribution < -0.4 is 14.4 Å². The van der Waals surface area contributed by atoms with Gasteiger partial charge in [0, 0.05) is 43.3 Å². The molecule has 0 saturated carbocycles. The summed E-state index contributed by atoms with van der Waals surface area (Å²) in [6, 6.07) is 13.4. The van der Waals surface area contributed by atoms with Gasteiger partial charge in [0.15, 0.2) is 11.5 Å². The van der Waals surface area contributed by atoms with Gasteiger partial charge >= 0.3 is 0 Å². The summed E-state index contributed by atoms with van der Waals surface area (Å²) >= 11 is 0. The quantitative estimate of drug-likeness (QED) is 0.768. The van der Waals surface area contributed by atoms with Gasteiger partial charge in [-0.3, -0.25) is 9.69 Å². The number of piperidine rings is 1. The highest BCUT2D eigenvalue weighted by Gasteiger charge is 2.28. The Labute approximate surface area is 172 Å². The van der Waals surface area contributed by atoms with Crippen molar-refractivity contribution in [2.75, 3.05) is 32.2 Å². The minimum atomic E-state index is 0.138. The van der Waals surface area contributed by atoms with Gasteiger partial charge in [-0.25, -0.2) is 0 Å². The molecular formula is C23H30N2O4. The Morgan fingerprint density at radius 2 is 1.79 bits per heavy atom. The van der Waals surface area contributed by atoms with E-state index in [2.05, 4.69) is 4.90 Å². The molecule has 1 aliphatic heterocycles. The van der Waals surface area contributed by atoms with Crippen molar-refractivity contribution in [2.24, 2.45) is 0 Å². The molecule has 2 aromatic rings. The van der Waals surface area contributed by atoms with E-state index in [4.69, 9.17) is 9.47 Å². The number of hydrogen-bond donors (Lipinski definition) is 1. The number of carbonyl (C=O) groups excluding carboxylic acids is 1. The summed E-state index contributed by atoms with van der Waals surface area (Å²) in [5, 5.41) is 10.3. The molecule has 0 unspecified atom stereocenters. The molecule has 0 radical (unpaired) electrons. The molecule has 0 spiro atoms. The highest BCUT2D eigenvalue weighted by molar-refractivity contribution is 5.93. The van der Waals surface area contributed by atoms with Gasteiger partial charge in [0.1, 0.15) is 5.75 Å². The maximum absolute atomic E-state index is 12.7. The number of phenolic OH excluding ortho intramolecular Hbond substituents is 1. The van der Waals surface area contributed by atoms with E-state index in [-0.39, 0.29) is 17.7 Å². The topological polar surface area (TPSA) is 62.2 Å². The van der Waals surface area contributed by atoms with Crippen molar-refractivity contribution in [2.45, 2.75) is 38.8 Å². The lowest BCUT2D eigenvalue weighted by molar-refractivity contribution is -0.119. The Bertz CT molecular complexity index is 814. The van der Waals surface area contributed by atoms with Crippen LogP contribution in [0.25, 0.3) is 0 Å². The van der Waals surface area contributed by atoms with E-state index < -0.39 is 0 Å². The first kappa shape index (κ1) is 21.0. The number of ether oxygens (including phenoxy) is 2. The Hall–Kier alpha value is -2.73. The van der Waals surface area contributed by atoms with Crippen LogP contribution in [0.4, 0.5) is 5.69 Å². The van der Waals surface area contributed by atoms with Gasteiger partial charge in [0.25, 0.3) is 0 Å². The zero-order valence-electron chi connectivity index (χ0n) is 17.4. The fraction of sp³-hybridized carbons (Fsp3) is 0.435. The Balaban J connectivity index is 1.67. The van der Waals surface area contributed by atoms with Crippen LogP contribution in [0.3, 0.4) is 0 Å². The lowest BCUT2D eigenvalue weighted by atomic mass is 10.0. The third kappa shape index (κ3) is 4.82. The lowest BCUT2D eigenvalue weighted by Crippen LogP contribution is -2.47. The number of methoxy groups -OCH3 is 2. The van der Waals surface area contributed by atoms with Crippen molar-refractivity contribution in [1.82, 2.24) is 4.90 Å². The van der Waals surface area contributed by atoms with Crippen molar-refractivity contribution < 1.29 is 19.4 Å². The molecule has 0 bridgehead atoms. The lowest BCUT2D eigenvalue weighted by Gasteiger charge is -2.38. The largest absolute Gasteiger partial charge is 0.504 e. The molecule has 1 heterocycles. The van der Waals surface area contributed by atoms with Gasteiger partial charge in [-0.15, -0.1) is 0 Å². The fourth-order valence-electron chi connectivity index (χ4n) is 3.91. The second kappa shape index (κ2) is 9.65. The van der Waals surface area contributed by atoms with Gasteiger partial charge in [-0.1, -0.05) is 19.1 Å². The van der Waals surface area contributed by atoms with Gasteiger partial charge in [-0.2, -0.15) is 0 Å². The van der Waals surface area contributed by atoms with E-state index in [0.717, 1.165) is 42.9 Å². The molecule has 1 amide bonds. The molecule has 1 aliphatic rings. The molecule has 6 nitrogen and oxygen atoms in total. The summed E-state index contributed by atoms with van der Waals surface area (Å²) in [5.74, 6) is 1.62. The normalized spacial score (nSPS) is 15.1. The molecule has 1 saturated heterocycles. The van der Waals surface area contributed by atoms with Crippen LogP contribution in [-0.2, 0) is 11.3 Å². The van der Waals surface area contributed by atoms with Gasteiger partial charge in [0.2, 0.25) is 5.91 Å². The molecule has 29 heavy (non-hydrogen) atoms. The predicted octanol–water partition coefficient (Wildman–Crippen LogP) is 3.82. The number of hydrogen-bond acceptors (Lipinski definition) is 5. The van der Waals surface area contributed by atoms with E-state index >= 15 is 0 Å². The first-order chi connectivity index (χ1) is 14.1. The Morgan fingerprint density at radius 1 is 1.10 bits per heavy atom. The standard InChI is InChI=1S/C23H30N2O4/c1-4-22(26)25(18-8-10-20(28-2)11-9-18)19-12-14-24(15-13-19)16-17-6-5-7-21(29-3)23(17)27/h5-11,19,27H,4,12-16H2,1-3H3. The zero-order valence-corrected chi connectivity index (χ0v) is 17.4. The molecule has 1 fully saturated rings. The minimum absolute atomic E-state index is 0.138. The molecule has 2 aromatic carbocycles. The van der Waals surface area contributed by atoms with E-state index in [1.54, 1.807) is 20.3 Å². The van der Waals surface area contributed by atoms with Crippen LogP contribution >= 0.6 is 0 Å². The third-order valence-electron chi connectivity index (χ3n) is 5.54. The van der Waals surface area contributed by atoms with Crippen LogP contribution in [0, 0.1) is 0 Å². The fourth-order valence-corrected chi connectivity index (χ4v) is 3.91. The van der Waals surface area contributed by atoms with Crippen molar-refractivity contribution >= 4 is 11.6 Å². The van der Waals surface area contributed by atoms with Crippen LogP contribution in [0.5, 0.6) is 17.2 Å². The smallest absolute Gasteiger partial charge is 0.226 e. The second-order valence-electron chi connectivity index (χ2n) is 7.29. The maximum Gasteiger partial charge on any atom is 0.226 e. The highest BCUT2D eigenvalue weighted by atomic mass is 16.5. The van der Waals surface area contributed by atoms with E-state index in [1.807, 2.05) is 48.2 Å². The molecule has 1 N–H and O–H groups in total. The molecule has 0 atom stereocenters. The van der Waals surface area contributed by atoms with Crippen molar-refractivity contribution in [3.63, 3.8) is 0 Å².